The van der Waals surface area contributed by atoms with Gasteiger partial charge in [-0.1, -0.05) is 35.5 Å². The first-order valence-corrected chi connectivity index (χ1v) is 7.34. The predicted molar refractivity (Wildman–Crippen MR) is 76.7 cm³/mol. The molecule has 0 aliphatic rings. The second-order valence-electron chi connectivity index (χ2n) is 4.89. The molecule has 1 N–H and O–H groups in total. The Morgan fingerprint density at radius 2 is 2.05 bits per heavy atom. The minimum Gasteiger partial charge on any atom is -0.481 e. The first kappa shape index (κ1) is 14.6. The number of thioether (sulfide) groups is 1. The standard InChI is InChI=1S/C14H16N2O3S/c1-14(2,10-6-4-3-5-7-10)13-15-11(19-16-13)8-20-9-12(17)18/h3-7H,8-9H2,1-2H3,(H,17,18). The molecule has 0 aliphatic carbocycles. The summed E-state index contributed by atoms with van der Waals surface area (Å²) < 4.78 is 5.18. The zero-order valence-electron chi connectivity index (χ0n) is 11.4. The van der Waals surface area contributed by atoms with Crippen molar-refractivity contribution in [3.05, 3.63) is 47.6 Å². The average Bonchev–Trinajstić information content (AvgIpc) is 2.89. The van der Waals surface area contributed by atoms with Gasteiger partial charge in [-0.2, -0.15) is 4.98 Å². The Morgan fingerprint density at radius 3 is 2.70 bits per heavy atom. The highest BCUT2D eigenvalue weighted by molar-refractivity contribution is 7.99. The van der Waals surface area contributed by atoms with Crippen molar-refractivity contribution in [1.29, 1.82) is 0 Å². The molecule has 2 aromatic rings. The normalized spacial score (nSPS) is 11.5. The van der Waals surface area contributed by atoms with E-state index >= 15 is 0 Å². The zero-order chi connectivity index (χ0) is 14.6. The van der Waals surface area contributed by atoms with E-state index in [1.165, 1.54) is 11.8 Å². The molecule has 0 bridgehead atoms. The van der Waals surface area contributed by atoms with Crippen molar-refractivity contribution >= 4 is 17.7 Å². The van der Waals surface area contributed by atoms with Gasteiger partial charge < -0.3 is 9.63 Å². The fourth-order valence-electron chi connectivity index (χ4n) is 1.78. The van der Waals surface area contributed by atoms with Gasteiger partial charge in [-0.15, -0.1) is 11.8 Å². The summed E-state index contributed by atoms with van der Waals surface area (Å²) in [5, 5.41) is 12.6. The number of hydrogen-bond acceptors (Lipinski definition) is 5. The van der Waals surface area contributed by atoms with E-state index in [1.54, 1.807) is 0 Å². The fourth-order valence-corrected chi connectivity index (χ4v) is 2.35. The van der Waals surface area contributed by atoms with Crippen LogP contribution >= 0.6 is 11.8 Å². The third kappa shape index (κ3) is 3.39. The average molecular weight is 292 g/mol. The lowest BCUT2D eigenvalue weighted by molar-refractivity contribution is -0.133. The Labute approximate surface area is 121 Å². The van der Waals surface area contributed by atoms with Crippen LogP contribution in [0.1, 0.15) is 31.1 Å². The maximum absolute atomic E-state index is 10.5. The van der Waals surface area contributed by atoms with E-state index in [9.17, 15) is 4.79 Å². The molecule has 2 rings (SSSR count). The van der Waals surface area contributed by atoms with Crippen LogP contribution in [0, 0.1) is 0 Å². The molecule has 1 aromatic carbocycles. The van der Waals surface area contributed by atoms with Crippen molar-refractivity contribution < 1.29 is 14.4 Å². The first-order chi connectivity index (χ1) is 9.50. The summed E-state index contributed by atoms with van der Waals surface area (Å²) in [6.07, 6.45) is 0. The fraction of sp³-hybridized carbons (Fsp3) is 0.357. The summed E-state index contributed by atoms with van der Waals surface area (Å²) in [6.45, 7) is 4.06. The predicted octanol–water partition coefficient (Wildman–Crippen LogP) is 2.71. The maximum Gasteiger partial charge on any atom is 0.313 e. The second kappa shape index (κ2) is 6.09. The number of nitrogens with zero attached hydrogens (tertiary/aromatic N) is 2. The first-order valence-electron chi connectivity index (χ1n) is 6.18. The molecule has 0 spiro atoms. The highest BCUT2D eigenvalue weighted by Gasteiger charge is 2.28. The van der Waals surface area contributed by atoms with Gasteiger partial charge in [0.1, 0.15) is 0 Å². The summed E-state index contributed by atoms with van der Waals surface area (Å²) >= 11 is 1.24. The van der Waals surface area contributed by atoms with Gasteiger partial charge >= 0.3 is 5.97 Å². The van der Waals surface area contributed by atoms with Crippen LogP contribution in [0.15, 0.2) is 34.9 Å². The zero-order valence-corrected chi connectivity index (χ0v) is 12.2. The number of benzene rings is 1. The summed E-state index contributed by atoms with van der Waals surface area (Å²) in [4.78, 5) is 14.8. The van der Waals surface area contributed by atoms with Crippen LogP contribution in [0.25, 0.3) is 0 Å². The highest BCUT2D eigenvalue weighted by Crippen LogP contribution is 2.29. The molecule has 106 valence electrons. The van der Waals surface area contributed by atoms with E-state index in [-0.39, 0.29) is 11.2 Å². The minimum atomic E-state index is -0.848. The highest BCUT2D eigenvalue weighted by atomic mass is 32.2. The van der Waals surface area contributed by atoms with Crippen LogP contribution in [0.4, 0.5) is 0 Å². The lowest BCUT2D eigenvalue weighted by Crippen LogP contribution is -2.20. The van der Waals surface area contributed by atoms with Crippen molar-refractivity contribution in [2.75, 3.05) is 5.75 Å². The van der Waals surface area contributed by atoms with Crippen molar-refractivity contribution in [2.24, 2.45) is 0 Å². The van der Waals surface area contributed by atoms with Crippen LogP contribution in [-0.4, -0.2) is 27.0 Å². The largest absolute Gasteiger partial charge is 0.481 e. The number of rotatable bonds is 6. The van der Waals surface area contributed by atoms with Crippen molar-refractivity contribution in [2.45, 2.75) is 25.0 Å². The number of hydrogen-bond donors (Lipinski definition) is 1. The molecule has 0 saturated heterocycles. The van der Waals surface area contributed by atoms with Gasteiger partial charge in [0.2, 0.25) is 5.89 Å². The third-order valence-corrected chi connectivity index (χ3v) is 3.88. The van der Waals surface area contributed by atoms with E-state index < -0.39 is 5.97 Å². The Kier molecular flexibility index (Phi) is 4.44. The summed E-state index contributed by atoms with van der Waals surface area (Å²) in [6, 6.07) is 9.95. The number of carbonyl (C=O) groups is 1. The molecule has 0 radical (unpaired) electrons. The van der Waals surface area contributed by atoms with E-state index in [0.717, 1.165) is 5.56 Å². The van der Waals surface area contributed by atoms with E-state index in [2.05, 4.69) is 10.1 Å². The molecule has 0 saturated carbocycles. The molecule has 0 aliphatic heterocycles. The van der Waals surface area contributed by atoms with E-state index in [0.29, 0.717) is 17.5 Å². The molecule has 0 fully saturated rings. The molecule has 0 atom stereocenters. The van der Waals surface area contributed by atoms with Gasteiger partial charge in [0.05, 0.1) is 16.9 Å². The number of aliphatic carboxylic acids is 1. The van der Waals surface area contributed by atoms with Crippen molar-refractivity contribution in [3.63, 3.8) is 0 Å². The molecule has 20 heavy (non-hydrogen) atoms. The minimum absolute atomic E-state index is 0.0276. The SMILES string of the molecule is CC(C)(c1ccccc1)c1noc(CSCC(=O)O)n1. The van der Waals surface area contributed by atoms with Crippen LogP contribution in [0.3, 0.4) is 0 Å². The van der Waals surface area contributed by atoms with Crippen LogP contribution in [0.5, 0.6) is 0 Å². The van der Waals surface area contributed by atoms with Crippen LogP contribution in [0.2, 0.25) is 0 Å². The third-order valence-electron chi connectivity index (χ3n) is 2.97. The quantitative estimate of drug-likeness (QED) is 0.882. The Morgan fingerprint density at radius 1 is 1.35 bits per heavy atom. The number of aromatic nitrogens is 2. The van der Waals surface area contributed by atoms with E-state index in [1.807, 2.05) is 44.2 Å². The smallest absolute Gasteiger partial charge is 0.313 e. The molecule has 1 heterocycles. The van der Waals surface area contributed by atoms with Crippen molar-refractivity contribution in [1.82, 2.24) is 10.1 Å². The molecular formula is C14H16N2O3S. The van der Waals surface area contributed by atoms with Gasteiger partial charge in [-0.05, 0) is 19.4 Å². The molecule has 5 nitrogen and oxygen atoms in total. The Bertz CT molecular complexity index is 581. The van der Waals surface area contributed by atoms with Gasteiger partial charge in [-0.3, -0.25) is 4.79 Å². The summed E-state index contributed by atoms with van der Waals surface area (Å²) in [5.74, 6) is 0.647. The molecule has 6 heteroatoms. The molecule has 1 aromatic heterocycles. The molecule has 0 amide bonds. The monoisotopic (exact) mass is 292 g/mol. The molecule has 0 unspecified atom stereocenters. The number of carboxylic acid groups (broad SMARTS) is 1. The maximum atomic E-state index is 10.5. The Hall–Kier alpha value is -1.82. The summed E-state index contributed by atoms with van der Waals surface area (Å²) in [7, 11) is 0. The lowest BCUT2D eigenvalue weighted by atomic mass is 9.84. The van der Waals surface area contributed by atoms with Crippen LogP contribution < -0.4 is 0 Å². The summed E-state index contributed by atoms with van der Waals surface area (Å²) in [5.41, 5.74) is 0.756. The van der Waals surface area contributed by atoms with Crippen LogP contribution in [-0.2, 0) is 16.0 Å². The lowest BCUT2D eigenvalue weighted by Gasteiger charge is -2.20. The van der Waals surface area contributed by atoms with Gasteiger partial charge in [-0.25, -0.2) is 0 Å². The number of carboxylic acids is 1. The topological polar surface area (TPSA) is 76.2 Å². The molecular weight excluding hydrogens is 276 g/mol. The van der Waals surface area contributed by atoms with Gasteiger partial charge in [0.25, 0.3) is 0 Å². The Balaban J connectivity index is 2.10. The van der Waals surface area contributed by atoms with Crippen molar-refractivity contribution in [3.8, 4) is 0 Å². The van der Waals surface area contributed by atoms with Gasteiger partial charge in [0, 0.05) is 0 Å². The second-order valence-corrected chi connectivity index (χ2v) is 5.87. The van der Waals surface area contributed by atoms with E-state index in [4.69, 9.17) is 9.63 Å². The van der Waals surface area contributed by atoms with Gasteiger partial charge in [0.15, 0.2) is 5.82 Å².